The lowest BCUT2D eigenvalue weighted by Gasteiger charge is -2.21. The topological polar surface area (TPSA) is 73.8 Å². The van der Waals surface area contributed by atoms with Crippen LogP contribution in [0.25, 0.3) is 0 Å². The molecule has 0 aliphatic carbocycles. The number of nitrogens with zero attached hydrogens (tertiary/aromatic N) is 2. The predicted molar refractivity (Wildman–Crippen MR) is 125 cm³/mol. The van der Waals surface area contributed by atoms with Gasteiger partial charge < -0.3 is 15.5 Å². The molecule has 2 N–H and O–H groups in total. The lowest BCUT2D eigenvalue weighted by atomic mass is 10.0. The highest BCUT2D eigenvalue weighted by atomic mass is 79.9. The average molecular weight is 477 g/mol. The van der Waals surface area contributed by atoms with Crippen molar-refractivity contribution in [3.05, 3.63) is 100 Å². The summed E-state index contributed by atoms with van der Waals surface area (Å²) in [5, 5.41) is 5.51. The fourth-order valence-electron chi connectivity index (χ4n) is 3.40. The number of benzene rings is 3. The molecule has 1 atom stereocenters. The van der Waals surface area contributed by atoms with E-state index in [2.05, 4.69) is 31.6 Å². The molecule has 0 spiro atoms. The minimum atomic E-state index is -1.04. The van der Waals surface area contributed by atoms with E-state index in [1.165, 1.54) is 4.90 Å². The number of likely N-dealkylation sites (N-methyl/N-ethyl adjacent to an activating group) is 1. The van der Waals surface area contributed by atoms with Crippen LogP contribution in [0.2, 0.25) is 0 Å². The van der Waals surface area contributed by atoms with Crippen LogP contribution in [0.1, 0.15) is 16.7 Å². The zero-order valence-corrected chi connectivity index (χ0v) is 18.5. The smallest absolute Gasteiger partial charge is 0.317 e. The number of carbonyl (C=O) groups excluding carboxylic acids is 2. The Morgan fingerprint density at radius 3 is 2.42 bits per heavy atom. The van der Waals surface area contributed by atoms with Gasteiger partial charge in [-0.15, -0.1) is 0 Å². The second-order valence-electron chi connectivity index (χ2n) is 7.11. The molecule has 0 saturated carbocycles. The number of carbonyl (C=O) groups is 2. The van der Waals surface area contributed by atoms with Crippen molar-refractivity contribution in [3.63, 3.8) is 0 Å². The minimum Gasteiger partial charge on any atom is -0.334 e. The van der Waals surface area contributed by atoms with Crippen LogP contribution in [0.15, 0.2) is 88.3 Å². The Labute approximate surface area is 189 Å². The van der Waals surface area contributed by atoms with Gasteiger partial charge in [0.05, 0.1) is 11.4 Å². The molecule has 0 fully saturated rings. The van der Waals surface area contributed by atoms with E-state index in [0.29, 0.717) is 12.3 Å². The number of nitrogens with one attached hydrogen (secondary N) is 2. The fraction of sp³-hybridized carbons (Fsp3) is 0.125. The van der Waals surface area contributed by atoms with E-state index in [9.17, 15) is 9.59 Å². The standard InChI is InChI=1S/C24H21BrN4O2/c1-29-20-10-6-5-9-19(20)21(17-7-3-2-4-8-17)27-22(23(29)30)28-24(31)26-15-16-11-13-18(25)14-12-16/h2-14,22H,15H2,1H3,(H2,26,28,31)/t22-/m1/s1. The van der Waals surface area contributed by atoms with Crippen molar-refractivity contribution < 1.29 is 9.59 Å². The van der Waals surface area contributed by atoms with Crippen molar-refractivity contribution >= 4 is 39.3 Å². The predicted octanol–water partition coefficient (Wildman–Crippen LogP) is 4.09. The molecule has 1 aliphatic rings. The molecule has 156 valence electrons. The monoisotopic (exact) mass is 476 g/mol. The second kappa shape index (κ2) is 9.14. The molecule has 0 aromatic heterocycles. The van der Waals surface area contributed by atoms with Crippen LogP contribution in [-0.2, 0) is 11.3 Å². The van der Waals surface area contributed by atoms with Crippen LogP contribution in [-0.4, -0.2) is 30.9 Å². The zero-order valence-electron chi connectivity index (χ0n) is 16.9. The van der Waals surface area contributed by atoms with Gasteiger partial charge in [-0.1, -0.05) is 76.6 Å². The maximum absolute atomic E-state index is 13.1. The maximum Gasteiger partial charge on any atom is 0.317 e. The van der Waals surface area contributed by atoms with Gasteiger partial charge in [-0.2, -0.15) is 0 Å². The number of aliphatic imine (C=N–C) groups is 1. The molecule has 4 rings (SSSR count). The number of fused-ring (bicyclic) bond motifs is 1. The molecule has 1 aliphatic heterocycles. The Kier molecular flexibility index (Phi) is 6.13. The zero-order chi connectivity index (χ0) is 21.8. The maximum atomic E-state index is 13.1. The molecule has 3 amide bonds. The Morgan fingerprint density at radius 1 is 1.00 bits per heavy atom. The summed E-state index contributed by atoms with van der Waals surface area (Å²) >= 11 is 3.39. The summed E-state index contributed by atoms with van der Waals surface area (Å²) in [6.45, 7) is 0.339. The number of rotatable bonds is 4. The molecule has 6 nitrogen and oxygen atoms in total. The van der Waals surface area contributed by atoms with Gasteiger partial charge >= 0.3 is 6.03 Å². The van der Waals surface area contributed by atoms with Crippen molar-refractivity contribution in [2.24, 2.45) is 4.99 Å². The summed E-state index contributed by atoms with van der Waals surface area (Å²) in [6.07, 6.45) is -1.04. The fourth-order valence-corrected chi connectivity index (χ4v) is 3.67. The highest BCUT2D eigenvalue weighted by Gasteiger charge is 2.30. The Morgan fingerprint density at radius 2 is 1.68 bits per heavy atom. The quantitative estimate of drug-likeness (QED) is 0.594. The first-order valence-corrected chi connectivity index (χ1v) is 10.6. The number of hydrogen-bond acceptors (Lipinski definition) is 3. The van der Waals surface area contributed by atoms with Crippen LogP contribution >= 0.6 is 15.9 Å². The highest BCUT2D eigenvalue weighted by Crippen LogP contribution is 2.27. The summed E-state index contributed by atoms with van der Waals surface area (Å²) in [6, 6.07) is 24.4. The van der Waals surface area contributed by atoms with Gasteiger partial charge in [0.15, 0.2) is 0 Å². The van der Waals surface area contributed by atoms with Gasteiger partial charge in [-0.25, -0.2) is 9.79 Å². The molecule has 0 bridgehead atoms. The Balaban J connectivity index is 1.60. The van der Waals surface area contributed by atoms with Crippen LogP contribution in [0.5, 0.6) is 0 Å². The van der Waals surface area contributed by atoms with E-state index < -0.39 is 12.2 Å². The van der Waals surface area contributed by atoms with Gasteiger partial charge in [0.1, 0.15) is 0 Å². The number of para-hydroxylation sites is 1. The summed E-state index contributed by atoms with van der Waals surface area (Å²) in [5.41, 5.74) is 4.06. The van der Waals surface area contributed by atoms with Crippen LogP contribution in [0, 0.1) is 0 Å². The molecule has 31 heavy (non-hydrogen) atoms. The van der Waals surface area contributed by atoms with Crippen molar-refractivity contribution in [2.75, 3.05) is 11.9 Å². The molecule has 3 aromatic carbocycles. The highest BCUT2D eigenvalue weighted by molar-refractivity contribution is 9.10. The number of benzodiazepines with no additional fused rings is 1. The summed E-state index contributed by atoms with van der Waals surface area (Å²) in [4.78, 5) is 31.9. The third-order valence-electron chi connectivity index (χ3n) is 5.02. The lowest BCUT2D eigenvalue weighted by molar-refractivity contribution is -0.119. The van der Waals surface area contributed by atoms with Gasteiger partial charge in [-0.05, 0) is 23.8 Å². The molecular weight excluding hydrogens is 456 g/mol. The van der Waals surface area contributed by atoms with E-state index in [4.69, 9.17) is 0 Å². The van der Waals surface area contributed by atoms with E-state index in [1.54, 1.807) is 7.05 Å². The van der Waals surface area contributed by atoms with Gasteiger partial charge in [0.25, 0.3) is 5.91 Å². The summed E-state index contributed by atoms with van der Waals surface area (Å²) < 4.78 is 0.968. The third kappa shape index (κ3) is 4.67. The van der Waals surface area contributed by atoms with E-state index >= 15 is 0 Å². The number of amides is 3. The first-order valence-electron chi connectivity index (χ1n) is 9.82. The molecular formula is C24H21BrN4O2. The van der Waals surface area contributed by atoms with Gasteiger partial charge in [0.2, 0.25) is 6.17 Å². The van der Waals surface area contributed by atoms with Crippen molar-refractivity contribution in [2.45, 2.75) is 12.7 Å². The normalized spacial score (nSPS) is 15.5. The van der Waals surface area contributed by atoms with Crippen molar-refractivity contribution in [1.82, 2.24) is 10.6 Å². The van der Waals surface area contributed by atoms with Crippen LogP contribution in [0.4, 0.5) is 10.5 Å². The average Bonchev–Trinajstić information content (AvgIpc) is 2.90. The minimum absolute atomic E-state index is 0.308. The first kappa shape index (κ1) is 20.8. The molecule has 1 heterocycles. The largest absolute Gasteiger partial charge is 0.334 e. The molecule has 0 saturated heterocycles. The molecule has 0 radical (unpaired) electrons. The van der Waals surface area contributed by atoms with Crippen LogP contribution < -0.4 is 15.5 Å². The number of hydrogen-bond donors (Lipinski definition) is 2. The van der Waals surface area contributed by atoms with Gasteiger partial charge in [0, 0.05) is 29.2 Å². The van der Waals surface area contributed by atoms with E-state index in [0.717, 1.165) is 26.9 Å². The molecule has 7 heteroatoms. The number of halogens is 1. The molecule has 0 unspecified atom stereocenters. The van der Waals surface area contributed by atoms with E-state index in [-0.39, 0.29) is 5.91 Å². The Hall–Kier alpha value is -3.45. The SMILES string of the molecule is CN1C(=O)[C@@H](NC(=O)NCc2ccc(Br)cc2)N=C(c2ccccc2)c2ccccc21. The van der Waals surface area contributed by atoms with Crippen molar-refractivity contribution in [1.29, 1.82) is 0 Å². The third-order valence-corrected chi connectivity index (χ3v) is 5.55. The lowest BCUT2D eigenvalue weighted by Crippen LogP contribution is -2.49. The van der Waals surface area contributed by atoms with E-state index in [1.807, 2.05) is 78.9 Å². The Bertz CT molecular complexity index is 1130. The van der Waals surface area contributed by atoms with Crippen LogP contribution in [0.3, 0.4) is 0 Å². The van der Waals surface area contributed by atoms with Crippen molar-refractivity contribution in [3.8, 4) is 0 Å². The first-order chi connectivity index (χ1) is 15.0. The molecule has 3 aromatic rings. The number of anilines is 1. The summed E-state index contributed by atoms with van der Waals surface area (Å²) in [7, 11) is 1.69. The van der Waals surface area contributed by atoms with Gasteiger partial charge in [-0.3, -0.25) is 4.79 Å². The summed E-state index contributed by atoms with van der Waals surface area (Å²) in [5.74, 6) is -0.308. The second-order valence-corrected chi connectivity index (χ2v) is 8.03. The number of urea groups is 1.